The summed E-state index contributed by atoms with van der Waals surface area (Å²) < 4.78 is 27.5. The van der Waals surface area contributed by atoms with Crippen molar-refractivity contribution in [3.8, 4) is 17.2 Å². The van der Waals surface area contributed by atoms with Gasteiger partial charge in [0, 0.05) is 18.7 Å². The second kappa shape index (κ2) is 11.4. The lowest BCUT2D eigenvalue weighted by atomic mass is 10.1. The van der Waals surface area contributed by atoms with Crippen LogP contribution in [0, 0.1) is 0 Å². The van der Waals surface area contributed by atoms with Gasteiger partial charge < -0.3 is 28.7 Å². The van der Waals surface area contributed by atoms with Gasteiger partial charge in [-0.3, -0.25) is 19.3 Å². The van der Waals surface area contributed by atoms with Crippen molar-refractivity contribution in [1.29, 1.82) is 0 Å². The molecule has 38 heavy (non-hydrogen) atoms. The number of amides is 2. The molecule has 5 rings (SSSR count). The van der Waals surface area contributed by atoms with Crippen LogP contribution in [0.25, 0.3) is 0 Å². The Kier molecular flexibility index (Phi) is 7.60. The first-order valence-corrected chi connectivity index (χ1v) is 12.4. The molecule has 1 aromatic heterocycles. The maximum atomic E-state index is 12.8. The molecule has 0 aliphatic carbocycles. The van der Waals surface area contributed by atoms with E-state index in [0.717, 1.165) is 12.8 Å². The molecule has 2 amide bonds. The zero-order valence-electron chi connectivity index (χ0n) is 20.9. The van der Waals surface area contributed by atoms with Gasteiger partial charge in [0.05, 0.1) is 25.4 Å². The fourth-order valence-electron chi connectivity index (χ4n) is 4.29. The van der Waals surface area contributed by atoms with E-state index in [-0.39, 0.29) is 49.2 Å². The standard InChI is InChI=1S/C28H28N2O8/c1-34-19-5-7-20(8-6-19)36-16-24(31)18-4-10-25-23(13-18)30(27(32)17-37-25)15-22-9-11-26(38-22)28(33)29-14-21-3-2-12-35-21/h4-11,13,21H,2-3,12,14-17H2,1H3,(H,29,33). The molecule has 1 saturated heterocycles. The Morgan fingerprint density at radius 3 is 2.66 bits per heavy atom. The molecule has 198 valence electrons. The van der Waals surface area contributed by atoms with Gasteiger partial charge in [-0.25, -0.2) is 0 Å². The van der Waals surface area contributed by atoms with Crippen LogP contribution in [0.15, 0.2) is 59.0 Å². The van der Waals surface area contributed by atoms with Crippen LogP contribution in [-0.4, -0.2) is 57.2 Å². The van der Waals surface area contributed by atoms with Crippen molar-refractivity contribution < 1.29 is 37.7 Å². The average molecular weight is 521 g/mol. The number of methoxy groups -OCH3 is 1. The third-order valence-electron chi connectivity index (χ3n) is 6.37. The van der Waals surface area contributed by atoms with Crippen LogP contribution < -0.4 is 24.4 Å². The predicted molar refractivity (Wildman–Crippen MR) is 136 cm³/mol. The minimum absolute atomic E-state index is 0.0226. The molecule has 2 aliphatic heterocycles. The fraction of sp³-hybridized carbons (Fsp3) is 0.321. The monoisotopic (exact) mass is 520 g/mol. The van der Waals surface area contributed by atoms with E-state index >= 15 is 0 Å². The van der Waals surface area contributed by atoms with E-state index in [1.54, 1.807) is 61.7 Å². The Morgan fingerprint density at radius 1 is 1.08 bits per heavy atom. The number of ketones is 1. The lowest BCUT2D eigenvalue weighted by molar-refractivity contribution is -0.121. The summed E-state index contributed by atoms with van der Waals surface area (Å²) in [7, 11) is 1.57. The minimum Gasteiger partial charge on any atom is -0.497 e. The van der Waals surface area contributed by atoms with Crippen LogP contribution >= 0.6 is 0 Å². The number of nitrogens with one attached hydrogen (secondary N) is 1. The summed E-state index contributed by atoms with van der Waals surface area (Å²) in [6, 6.07) is 15.0. The molecular formula is C28H28N2O8. The molecule has 0 saturated carbocycles. The van der Waals surface area contributed by atoms with E-state index in [9.17, 15) is 14.4 Å². The van der Waals surface area contributed by atoms with Crippen molar-refractivity contribution >= 4 is 23.3 Å². The van der Waals surface area contributed by atoms with E-state index in [4.69, 9.17) is 23.4 Å². The Labute approximate surface area is 219 Å². The zero-order chi connectivity index (χ0) is 26.5. The molecule has 1 atom stereocenters. The maximum Gasteiger partial charge on any atom is 0.287 e. The number of hydrogen-bond donors (Lipinski definition) is 1. The van der Waals surface area contributed by atoms with Gasteiger partial charge in [-0.1, -0.05) is 0 Å². The largest absolute Gasteiger partial charge is 0.497 e. The molecule has 10 heteroatoms. The first-order valence-electron chi connectivity index (χ1n) is 12.4. The van der Waals surface area contributed by atoms with Gasteiger partial charge in [-0.2, -0.15) is 0 Å². The Bertz CT molecular complexity index is 1310. The number of carbonyl (C=O) groups excluding carboxylic acids is 3. The smallest absolute Gasteiger partial charge is 0.287 e. The number of furan rings is 1. The van der Waals surface area contributed by atoms with Crippen molar-refractivity contribution in [3.05, 3.63) is 71.7 Å². The van der Waals surface area contributed by atoms with E-state index in [2.05, 4.69) is 5.32 Å². The van der Waals surface area contributed by atoms with Crippen molar-refractivity contribution in [2.75, 3.05) is 38.4 Å². The topological polar surface area (TPSA) is 117 Å². The highest BCUT2D eigenvalue weighted by Crippen LogP contribution is 2.34. The van der Waals surface area contributed by atoms with Gasteiger partial charge in [0.2, 0.25) is 0 Å². The highest BCUT2D eigenvalue weighted by molar-refractivity contribution is 6.02. The molecule has 1 fully saturated rings. The molecule has 0 bridgehead atoms. The van der Waals surface area contributed by atoms with Crippen molar-refractivity contribution in [1.82, 2.24) is 5.32 Å². The molecule has 2 aliphatic rings. The molecule has 3 aromatic rings. The predicted octanol–water partition coefficient (Wildman–Crippen LogP) is 3.38. The summed E-state index contributed by atoms with van der Waals surface area (Å²) in [5.74, 6) is 1.37. The summed E-state index contributed by atoms with van der Waals surface area (Å²) in [5.41, 5.74) is 0.812. The molecule has 0 spiro atoms. The highest BCUT2D eigenvalue weighted by atomic mass is 16.5. The first kappa shape index (κ1) is 25.3. The SMILES string of the molecule is COc1ccc(OCC(=O)c2ccc3c(c2)N(Cc2ccc(C(=O)NCC4CCCO4)o2)C(=O)CO3)cc1. The fourth-order valence-corrected chi connectivity index (χ4v) is 4.29. The van der Waals surface area contributed by atoms with Gasteiger partial charge in [-0.15, -0.1) is 0 Å². The third-order valence-corrected chi connectivity index (χ3v) is 6.37. The summed E-state index contributed by atoms with van der Waals surface area (Å²) in [6.45, 7) is 0.889. The van der Waals surface area contributed by atoms with E-state index in [1.807, 2.05) is 0 Å². The summed E-state index contributed by atoms with van der Waals surface area (Å²) in [4.78, 5) is 39.5. The van der Waals surface area contributed by atoms with Gasteiger partial charge >= 0.3 is 0 Å². The number of Topliss-reactive ketones (excluding diaryl/α,β-unsaturated/α-hetero) is 1. The molecule has 3 heterocycles. The maximum absolute atomic E-state index is 12.8. The first-order chi connectivity index (χ1) is 18.5. The number of nitrogens with zero attached hydrogens (tertiary/aromatic N) is 1. The highest BCUT2D eigenvalue weighted by Gasteiger charge is 2.28. The van der Waals surface area contributed by atoms with Gasteiger partial charge in [0.15, 0.2) is 24.8 Å². The number of fused-ring (bicyclic) bond motifs is 1. The third kappa shape index (κ3) is 5.81. The zero-order valence-corrected chi connectivity index (χ0v) is 20.9. The Morgan fingerprint density at radius 2 is 1.89 bits per heavy atom. The van der Waals surface area contributed by atoms with Crippen LogP contribution in [-0.2, 0) is 16.1 Å². The van der Waals surface area contributed by atoms with E-state index < -0.39 is 0 Å². The molecule has 10 nitrogen and oxygen atoms in total. The second-order valence-corrected chi connectivity index (χ2v) is 8.95. The summed E-state index contributed by atoms with van der Waals surface area (Å²) in [5, 5.41) is 2.82. The van der Waals surface area contributed by atoms with Crippen LogP contribution in [0.5, 0.6) is 17.2 Å². The normalized spacial score (nSPS) is 16.5. The van der Waals surface area contributed by atoms with Crippen LogP contribution in [0.4, 0.5) is 5.69 Å². The van der Waals surface area contributed by atoms with Gasteiger partial charge in [0.1, 0.15) is 23.0 Å². The number of carbonyl (C=O) groups is 3. The minimum atomic E-state index is -0.342. The summed E-state index contributed by atoms with van der Waals surface area (Å²) >= 11 is 0. The number of hydrogen-bond acceptors (Lipinski definition) is 8. The van der Waals surface area contributed by atoms with Crippen LogP contribution in [0.3, 0.4) is 0 Å². The number of anilines is 1. The second-order valence-electron chi connectivity index (χ2n) is 8.95. The van der Waals surface area contributed by atoms with E-state index in [0.29, 0.717) is 47.4 Å². The van der Waals surface area contributed by atoms with Gasteiger partial charge in [-0.05, 0) is 67.4 Å². The van der Waals surface area contributed by atoms with Crippen LogP contribution in [0.2, 0.25) is 0 Å². The Hall–Kier alpha value is -4.31. The Balaban J connectivity index is 1.24. The van der Waals surface area contributed by atoms with E-state index in [1.165, 1.54) is 4.90 Å². The quantitative estimate of drug-likeness (QED) is 0.405. The molecular weight excluding hydrogens is 492 g/mol. The van der Waals surface area contributed by atoms with Crippen molar-refractivity contribution in [2.45, 2.75) is 25.5 Å². The number of benzene rings is 2. The number of rotatable bonds is 10. The molecule has 1 N–H and O–H groups in total. The van der Waals surface area contributed by atoms with Crippen molar-refractivity contribution in [2.24, 2.45) is 0 Å². The molecule has 0 radical (unpaired) electrons. The van der Waals surface area contributed by atoms with Crippen molar-refractivity contribution in [3.63, 3.8) is 0 Å². The number of ether oxygens (including phenoxy) is 4. The lowest BCUT2D eigenvalue weighted by Crippen LogP contribution is -2.38. The lowest BCUT2D eigenvalue weighted by Gasteiger charge is -2.29. The average Bonchev–Trinajstić information content (AvgIpc) is 3.64. The molecule has 2 aromatic carbocycles. The van der Waals surface area contributed by atoms with Gasteiger partial charge in [0.25, 0.3) is 11.8 Å². The van der Waals surface area contributed by atoms with Crippen LogP contribution in [0.1, 0.15) is 39.5 Å². The summed E-state index contributed by atoms with van der Waals surface area (Å²) in [6.07, 6.45) is 1.93. The molecule has 1 unspecified atom stereocenters.